The molecule has 1 aliphatic carbocycles. The summed E-state index contributed by atoms with van der Waals surface area (Å²) in [6, 6.07) is 0. The molecule has 1 saturated carbocycles. The molecule has 2 bridgehead atoms. The second kappa shape index (κ2) is 3.60. The van der Waals surface area contributed by atoms with Gasteiger partial charge in [0.15, 0.2) is 17.1 Å². The van der Waals surface area contributed by atoms with E-state index in [1.54, 1.807) is 13.8 Å². The molecule has 0 amide bonds. The number of aliphatic hydroxyl groups is 1. The summed E-state index contributed by atoms with van der Waals surface area (Å²) in [7, 11) is 0. The lowest BCUT2D eigenvalue weighted by Gasteiger charge is -2.50. The van der Waals surface area contributed by atoms with Gasteiger partial charge in [-0.3, -0.25) is 9.59 Å². The van der Waals surface area contributed by atoms with Gasteiger partial charge in [0.05, 0.1) is 6.26 Å². The maximum absolute atomic E-state index is 12.5. The molecule has 0 aromatic rings. The van der Waals surface area contributed by atoms with Gasteiger partial charge in [0.25, 0.3) is 5.79 Å². The average Bonchev–Trinajstić information content (AvgIpc) is 2.76. The average molecular weight is 306 g/mol. The predicted molar refractivity (Wildman–Crippen MR) is 68.9 cm³/mol. The molecule has 3 heterocycles. The quantitative estimate of drug-likeness (QED) is 0.635. The first-order valence-electron chi connectivity index (χ1n) is 7.03. The number of ketones is 1. The lowest BCUT2D eigenvalue weighted by molar-refractivity contribution is -0.295. The zero-order chi connectivity index (χ0) is 15.9. The van der Waals surface area contributed by atoms with Crippen LogP contribution in [0.15, 0.2) is 23.5 Å². The highest BCUT2D eigenvalue weighted by molar-refractivity contribution is 6.07. The maximum Gasteiger partial charge on any atom is 0.333 e. The Kier molecular flexibility index (Phi) is 2.21. The van der Waals surface area contributed by atoms with Crippen molar-refractivity contribution in [1.82, 2.24) is 0 Å². The number of fused-ring (bicyclic) bond motifs is 1. The molecule has 0 radical (unpaired) electrons. The van der Waals surface area contributed by atoms with E-state index in [9.17, 15) is 19.5 Å². The zero-order valence-corrected chi connectivity index (χ0v) is 12.0. The van der Waals surface area contributed by atoms with Gasteiger partial charge in [0, 0.05) is 24.5 Å². The number of carbonyl (C=O) groups is 3. The Labute approximate surface area is 125 Å². The highest BCUT2D eigenvalue weighted by Gasteiger charge is 2.81. The molecule has 1 saturated heterocycles. The van der Waals surface area contributed by atoms with Crippen LogP contribution in [0.3, 0.4) is 0 Å². The topological polar surface area (TPSA) is 99.1 Å². The Balaban J connectivity index is 1.92. The van der Waals surface area contributed by atoms with Gasteiger partial charge in [0.1, 0.15) is 0 Å². The summed E-state index contributed by atoms with van der Waals surface area (Å²) in [5, 5.41) is 11.0. The lowest BCUT2D eigenvalue weighted by Crippen LogP contribution is -2.69. The first-order chi connectivity index (χ1) is 10.3. The molecule has 4 atom stereocenters. The normalized spacial score (nSPS) is 45.8. The van der Waals surface area contributed by atoms with Crippen LogP contribution in [0.5, 0.6) is 0 Å². The van der Waals surface area contributed by atoms with Crippen LogP contribution in [0.4, 0.5) is 0 Å². The molecule has 4 aliphatic rings. The van der Waals surface area contributed by atoms with Crippen molar-refractivity contribution in [2.75, 3.05) is 0 Å². The van der Waals surface area contributed by atoms with Gasteiger partial charge in [-0.05, 0) is 19.4 Å². The van der Waals surface area contributed by atoms with Crippen molar-refractivity contribution in [3.8, 4) is 0 Å². The number of rotatable bonds is 0. The Morgan fingerprint density at radius 1 is 1.18 bits per heavy atom. The molecule has 7 nitrogen and oxygen atoms in total. The Hall–Kier alpha value is -2.15. The summed E-state index contributed by atoms with van der Waals surface area (Å²) in [6.07, 6.45) is 2.80. The summed E-state index contributed by atoms with van der Waals surface area (Å²) in [4.78, 5) is 36.7. The largest absolute Gasteiger partial charge is 0.485 e. The molecule has 0 aromatic heterocycles. The second-order valence-electron chi connectivity index (χ2n) is 6.26. The van der Waals surface area contributed by atoms with Crippen LogP contribution in [-0.4, -0.2) is 39.8 Å². The smallest absolute Gasteiger partial charge is 0.333 e. The third-order valence-corrected chi connectivity index (χ3v) is 5.21. The van der Waals surface area contributed by atoms with Gasteiger partial charge in [0.2, 0.25) is 5.78 Å². The van der Waals surface area contributed by atoms with Crippen LogP contribution in [0.25, 0.3) is 0 Å². The number of carbonyl (C=O) groups excluding carboxylic acids is 3. The van der Waals surface area contributed by atoms with Gasteiger partial charge in [-0.1, -0.05) is 0 Å². The van der Waals surface area contributed by atoms with Crippen molar-refractivity contribution >= 4 is 17.7 Å². The van der Waals surface area contributed by atoms with Gasteiger partial charge in [-0.2, -0.15) is 0 Å². The first-order valence-corrected chi connectivity index (χ1v) is 7.03. The minimum Gasteiger partial charge on any atom is -0.485 e. The molecule has 0 aromatic carbocycles. The number of Topliss-reactive ketones (excluding diaryl/α,β-unsaturated/α-hetero) is 1. The summed E-state index contributed by atoms with van der Waals surface area (Å²) in [5.74, 6) is -5.58. The molecule has 3 aliphatic heterocycles. The van der Waals surface area contributed by atoms with E-state index >= 15 is 0 Å². The van der Waals surface area contributed by atoms with E-state index in [-0.39, 0.29) is 18.6 Å². The third-order valence-electron chi connectivity index (χ3n) is 5.21. The zero-order valence-electron chi connectivity index (χ0n) is 12.0. The number of ether oxygens (including phenoxy) is 3. The summed E-state index contributed by atoms with van der Waals surface area (Å²) < 4.78 is 16.0. The fourth-order valence-corrected chi connectivity index (χ4v) is 4.12. The fourth-order valence-electron chi connectivity index (χ4n) is 4.12. The standard InChI is InChI=1S/C15H14O7/c1-7-6-20-13(11(7)17)3-4-14-8(2)5-9(16)21-15(14,19)10(13)12(18)22-14/h5-6,10,19H,3-4H2,1-2H3. The van der Waals surface area contributed by atoms with E-state index in [2.05, 4.69) is 0 Å². The Morgan fingerprint density at radius 2 is 1.91 bits per heavy atom. The summed E-state index contributed by atoms with van der Waals surface area (Å²) >= 11 is 0. The Bertz CT molecular complexity index is 705. The highest BCUT2D eigenvalue weighted by Crippen LogP contribution is 2.61. The molecule has 2 fully saturated rings. The van der Waals surface area contributed by atoms with Crippen LogP contribution in [0.1, 0.15) is 26.7 Å². The minimum absolute atomic E-state index is 0.133. The van der Waals surface area contributed by atoms with Crippen LogP contribution >= 0.6 is 0 Å². The minimum atomic E-state index is -2.23. The molecule has 116 valence electrons. The van der Waals surface area contributed by atoms with Crippen molar-refractivity contribution in [3.63, 3.8) is 0 Å². The second-order valence-corrected chi connectivity index (χ2v) is 6.26. The van der Waals surface area contributed by atoms with Crippen LogP contribution in [-0.2, 0) is 28.6 Å². The van der Waals surface area contributed by atoms with E-state index in [1.165, 1.54) is 12.3 Å². The number of hydrogen-bond donors (Lipinski definition) is 1. The predicted octanol–water partition coefficient (Wildman–Crippen LogP) is 0.126. The van der Waals surface area contributed by atoms with Gasteiger partial charge < -0.3 is 19.3 Å². The Morgan fingerprint density at radius 3 is 2.55 bits per heavy atom. The SMILES string of the molecule is CC1=COC2(CCC34OC(=O)C2C3(O)OC(=O)C=C4C)C1=O. The maximum atomic E-state index is 12.5. The molecule has 1 N–H and O–H groups in total. The third kappa shape index (κ3) is 1.17. The van der Waals surface area contributed by atoms with Gasteiger partial charge in [-0.15, -0.1) is 0 Å². The monoisotopic (exact) mass is 306 g/mol. The molecule has 4 unspecified atom stereocenters. The highest BCUT2D eigenvalue weighted by atomic mass is 16.7. The lowest BCUT2D eigenvalue weighted by atomic mass is 9.62. The fraction of sp³-hybridized carbons (Fsp3) is 0.533. The van der Waals surface area contributed by atoms with E-state index in [0.717, 1.165) is 0 Å². The molecule has 7 heteroatoms. The van der Waals surface area contributed by atoms with Crippen molar-refractivity contribution in [3.05, 3.63) is 23.5 Å². The van der Waals surface area contributed by atoms with Crippen molar-refractivity contribution in [2.45, 2.75) is 43.7 Å². The molecule has 4 rings (SSSR count). The summed E-state index contributed by atoms with van der Waals surface area (Å²) in [5.41, 5.74) is -2.24. The van der Waals surface area contributed by atoms with Crippen LogP contribution < -0.4 is 0 Å². The van der Waals surface area contributed by atoms with E-state index < -0.39 is 34.8 Å². The molecule has 1 spiro atoms. The van der Waals surface area contributed by atoms with Crippen molar-refractivity contribution in [1.29, 1.82) is 0 Å². The van der Waals surface area contributed by atoms with Crippen molar-refractivity contribution < 1.29 is 33.7 Å². The summed E-state index contributed by atoms with van der Waals surface area (Å²) in [6.45, 7) is 3.17. The molecular weight excluding hydrogens is 292 g/mol. The van der Waals surface area contributed by atoms with Crippen molar-refractivity contribution in [2.24, 2.45) is 5.92 Å². The molecule has 22 heavy (non-hydrogen) atoms. The first kappa shape index (κ1) is 13.5. The van der Waals surface area contributed by atoms with E-state index in [0.29, 0.717) is 11.1 Å². The van der Waals surface area contributed by atoms with Crippen LogP contribution in [0, 0.1) is 5.92 Å². The molecular formula is C15H14O7. The number of hydrogen-bond acceptors (Lipinski definition) is 7. The van der Waals surface area contributed by atoms with E-state index in [4.69, 9.17) is 14.2 Å². The van der Waals surface area contributed by atoms with E-state index in [1.807, 2.05) is 0 Å². The van der Waals surface area contributed by atoms with Crippen LogP contribution in [0.2, 0.25) is 0 Å². The number of esters is 2. The van der Waals surface area contributed by atoms with Gasteiger partial charge in [-0.25, -0.2) is 4.79 Å². The van der Waals surface area contributed by atoms with Gasteiger partial charge >= 0.3 is 11.9 Å².